The van der Waals surface area contributed by atoms with Crippen LogP contribution in [0, 0.1) is 0 Å². The minimum atomic E-state index is -0.405. The number of anilines is 1. The average molecular weight is 311 g/mol. The van der Waals surface area contributed by atoms with E-state index in [0.717, 1.165) is 5.56 Å². The normalized spacial score (nSPS) is 10.1. The SMILES string of the molecule is O=C(NCc1cccc(O)c1)Nc1cc(Cl)ccc1Cl. The second-order valence-electron chi connectivity index (χ2n) is 4.10. The van der Waals surface area contributed by atoms with Crippen molar-refractivity contribution in [3.63, 3.8) is 0 Å². The predicted molar refractivity (Wildman–Crippen MR) is 80.4 cm³/mol. The molecule has 2 aromatic carbocycles. The zero-order chi connectivity index (χ0) is 14.5. The molecule has 0 heterocycles. The van der Waals surface area contributed by atoms with Crippen molar-refractivity contribution in [2.24, 2.45) is 0 Å². The molecule has 0 aliphatic carbocycles. The molecule has 0 aliphatic rings. The summed E-state index contributed by atoms with van der Waals surface area (Å²) in [6.45, 7) is 0.290. The molecule has 0 aromatic heterocycles. The topological polar surface area (TPSA) is 61.4 Å². The van der Waals surface area contributed by atoms with Crippen molar-refractivity contribution in [2.75, 3.05) is 5.32 Å². The van der Waals surface area contributed by atoms with Gasteiger partial charge in [0.05, 0.1) is 10.7 Å². The predicted octanol–water partition coefficient (Wildman–Crippen LogP) is 4.02. The zero-order valence-electron chi connectivity index (χ0n) is 10.4. The molecule has 4 nitrogen and oxygen atoms in total. The first-order valence-electron chi connectivity index (χ1n) is 5.82. The van der Waals surface area contributed by atoms with Gasteiger partial charge >= 0.3 is 6.03 Å². The minimum Gasteiger partial charge on any atom is -0.508 e. The number of carbonyl (C=O) groups is 1. The van der Waals surface area contributed by atoms with Crippen LogP contribution in [0.4, 0.5) is 10.5 Å². The van der Waals surface area contributed by atoms with Crippen molar-refractivity contribution in [1.82, 2.24) is 5.32 Å². The first-order valence-corrected chi connectivity index (χ1v) is 6.58. The van der Waals surface area contributed by atoms with E-state index in [1.165, 1.54) is 0 Å². The van der Waals surface area contributed by atoms with Gasteiger partial charge in [-0.3, -0.25) is 0 Å². The molecule has 6 heteroatoms. The van der Waals surface area contributed by atoms with Crippen LogP contribution >= 0.6 is 23.2 Å². The van der Waals surface area contributed by atoms with Gasteiger partial charge < -0.3 is 15.7 Å². The Morgan fingerprint density at radius 2 is 1.95 bits per heavy atom. The summed E-state index contributed by atoms with van der Waals surface area (Å²) in [4.78, 5) is 11.7. The maximum atomic E-state index is 11.7. The van der Waals surface area contributed by atoms with Gasteiger partial charge in [-0.05, 0) is 35.9 Å². The summed E-state index contributed by atoms with van der Waals surface area (Å²) in [5.74, 6) is 0.155. The fourth-order valence-corrected chi connectivity index (χ4v) is 1.95. The number of urea groups is 1. The highest BCUT2D eigenvalue weighted by atomic mass is 35.5. The summed E-state index contributed by atoms with van der Waals surface area (Å²) in [5.41, 5.74) is 1.23. The molecule has 0 saturated carbocycles. The standard InChI is InChI=1S/C14H12Cl2N2O2/c15-10-4-5-12(16)13(7-10)18-14(20)17-8-9-2-1-3-11(19)6-9/h1-7,19H,8H2,(H2,17,18,20). The zero-order valence-corrected chi connectivity index (χ0v) is 11.9. The quantitative estimate of drug-likeness (QED) is 0.801. The summed E-state index contributed by atoms with van der Waals surface area (Å²) in [5, 5.41) is 15.5. The van der Waals surface area contributed by atoms with E-state index in [-0.39, 0.29) is 5.75 Å². The number of amides is 2. The van der Waals surface area contributed by atoms with Crippen molar-refractivity contribution in [3.05, 3.63) is 58.1 Å². The van der Waals surface area contributed by atoms with Crippen molar-refractivity contribution in [3.8, 4) is 5.75 Å². The van der Waals surface area contributed by atoms with Gasteiger partial charge in [-0.1, -0.05) is 35.3 Å². The van der Waals surface area contributed by atoms with Crippen LogP contribution in [0.5, 0.6) is 5.75 Å². The van der Waals surface area contributed by atoms with E-state index in [1.807, 2.05) is 0 Å². The van der Waals surface area contributed by atoms with Crippen LogP contribution in [0.25, 0.3) is 0 Å². The van der Waals surface area contributed by atoms with Crippen LogP contribution in [0.2, 0.25) is 10.0 Å². The van der Waals surface area contributed by atoms with Gasteiger partial charge in [-0.2, -0.15) is 0 Å². The largest absolute Gasteiger partial charge is 0.508 e. The molecule has 0 unspecified atom stereocenters. The Kier molecular flexibility index (Phi) is 4.71. The molecular formula is C14H12Cl2N2O2. The lowest BCUT2D eigenvalue weighted by molar-refractivity contribution is 0.251. The van der Waals surface area contributed by atoms with Gasteiger partial charge in [0.2, 0.25) is 0 Å². The summed E-state index contributed by atoms with van der Waals surface area (Å²) >= 11 is 11.8. The van der Waals surface area contributed by atoms with Crippen LogP contribution in [-0.2, 0) is 6.54 Å². The van der Waals surface area contributed by atoms with E-state index in [4.69, 9.17) is 23.2 Å². The van der Waals surface area contributed by atoms with Crippen LogP contribution in [0.1, 0.15) is 5.56 Å². The molecule has 2 aromatic rings. The number of nitrogens with one attached hydrogen (secondary N) is 2. The highest BCUT2D eigenvalue weighted by molar-refractivity contribution is 6.35. The third-order valence-corrected chi connectivity index (χ3v) is 3.10. The van der Waals surface area contributed by atoms with E-state index < -0.39 is 6.03 Å². The van der Waals surface area contributed by atoms with Crippen molar-refractivity contribution >= 4 is 34.9 Å². The lowest BCUT2D eigenvalue weighted by Gasteiger charge is -2.09. The molecule has 0 spiro atoms. The molecule has 104 valence electrons. The Morgan fingerprint density at radius 3 is 2.70 bits per heavy atom. The third kappa shape index (κ3) is 4.05. The number of benzene rings is 2. The summed E-state index contributed by atoms with van der Waals surface area (Å²) < 4.78 is 0. The number of hydrogen-bond donors (Lipinski definition) is 3. The molecule has 0 saturated heterocycles. The fraction of sp³-hybridized carbons (Fsp3) is 0.0714. The molecule has 2 rings (SSSR count). The van der Waals surface area contributed by atoms with Crippen LogP contribution in [0.15, 0.2) is 42.5 Å². The number of phenolic OH excluding ortho intramolecular Hbond substituents is 1. The summed E-state index contributed by atoms with van der Waals surface area (Å²) in [6, 6.07) is 11.1. The van der Waals surface area contributed by atoms with Gasteiger partial charge in [0.25, 0.3) is 0 Å². The molecule has 2 amide bonds. The molecular weight excluding hydrogens is 299 g/mol. The fourth-order valence-electron chi connectivity index (χ4n) is 1.61. The van der Waals surface area contributed by atoms with Crippen molar-refractivity contribution in [1.29, 1.82) is 0 Å². The van der Waals surface area contributed by atoms with Gasteiger partial charge in [0, 0.05) is 11.6 Å². The number of halogens is 2. The van der Waals surface area contributed by atoms with E-state index in [9.17, 15) is 9.90 Å². The molecule has 0 fully saturated rings. The van der Waals surface area contributed by atoms with Gasteiger partial charge in [-0.25, -0.2) is 4.79 Å². The van der Waals surface area contributed by atoms with E-state index in [1.54, 1.807) is 42.5 Å². The Hall–Kier alpha value is -1.91. The second kappa shape index (κ2) is 6.50. The number of phenols is 1. The number of aromatic hydroxyl groups is 1. The van der Waals surface area contributed by atoms with Crippen molar-refractivity contribution < 1.29 is 9.90 Å². The molecule has 0 bridgehead atoms. The van der Waals surface area contributed by atoms with Crippen LogP contribution in [-0.4, -0.2) is 11.1 Å². The highest BCUT2D eigenvalue weighted by Gasteiger charge is 2.06. The van der Waals surface area contributed by atoms with Crippen LogP contribution in [0.3, 0.4) is 0 Å². The highest BCUT2D eigenvalue weighted by Crippen LogP contribution is 2.25. The van der Waals surface area contributed by atoms with Gasteiger partial charge in [0.15, 0.2) is 0 Å². The monoisotopic (exact) mass is 310 g/mol. The third-order valence-electron chi connectivity index (χ3n) is 2.54. The van der Waals surface area contributed by atoms with E-state index in [2.05, 4.69) is 10.6 Å². The van der Waals surface area contributed by atoms with E-state index in [0.29, 0.717) is 22.3 Å². The van der Waals surface area contributed by atoms with E-state index >= 15 is 0 Å². The molecule has 20 heavy (non-hydrogen) atoms. The van der Waals surface area contributed by atoms with Gasteiger partial charge in [-0.15, -0.1) is 0 Å². The lowest BCUT2D eigenvalue weighted by Crippen LogP contribution is -2.28. The summed E-state index contributed by atoms with van der Waals surface area (Å²) in [7, 11) is 0. The Morgan fingerprint density at radius 1 is 1.15 bits per heavy atom. The average Bonchev–Trinajstić information content (AvgIpc) is 2.41. The molecule has 0 aliphatic heterocycles. The number of hydrogen-bond acceptors (Lipinski definition) is 2. The molecule has 0 atom stereocenters. The van der Waals surface area contributed by atoms with Gasteiger partial charge in [0.1, 0.15) is 5.75 Å². The molecule has 0 radical (unpaired) electrons. The smallest absolute Gasteiger partial charge is 0.319 e. The molecule has 3 N–H and O–H groups in total. The second-order valence-corrected chi connectivity index (χ2v) is 4.95. The maximum Gasteiger partial charge on any atom is 0.319 e. The minimum absolute atomic E-state index is 0.155. The van der Waals surface area contributed by atoms with Crippen molar-refractivity contribution in [2.45, 2.75) is 6.54 Å². The van der Waals surface area contributed by atoms with Crippen LogP contribution < -0.4 is 10.6 Å². The maximum absolute atomic E-state index is 11.7. The first-order chi connectivity index (χ1) is 9.54. The summed E-state index contributed by atoms with van der Waals surface area (Å²) in [6.07, 6.45) is 0. The Bertz CT molecular complexity index is 632. The Labute approximate surface area is 126 Å². The lowest BCUT2D eigenvalue weighted by atomic mass is 10.2. The number of rotatable bonds is 3. The number of carbonyl (C=O) groups excluding carboxylic acids is 1. The first kappa shape index (κ1) is 14.5. The Balaban J connectivity index is 1.94.